The number of rotatable bonds is 6. The Kier molecular flexibility index (Phi) is 6.21. The van der Waals surface area contributed by atoms with Gasteiger partial charge in [-0.3, -0.25) is 4.90 Å². The lowest BCUT2D eigenvalue weighted by atomic mass is 9.88. The number of hydrogen-bond donors (Lipinski definition) is 0. The maximum atomic E-state index is 6.19. The molecule has 2 aromatic carbocycles. The van der Waals surface area contributed by atoms with Crippen LogP contribution in [-0.2, 0) is 25.8 Å². The molecule has 0 spiro atoms. The third kappa shape index (κ3) is 4.21. The first-order valence-corrected chi connectivity index (χ1v) is 13.7. The van der Waals surface area contributed by atoms with Gasteiger partial charge in [-0.1, -0.05) is 42.5 Å². The second-order valence-corrected chi connectivity index (χ2v) is 10.7. The second kappa shape index (κ2) is 9.63. The van der Waals surface area contributed by atoms with Crippen LogP contribution in [-0.4, -0.2) is 23.0 Å². The van der Waals surface area contributed by atoms with E-state index in [0.717, 1.165) is 42.3 Å². The monoisotopic (exact) mass is 484 g/mol. The fourth-order valence-electron chi connectivity index (χ4n) is 5.67. The largest absolute Gasteiger partial charge is 0.493 e. The van der Waals surface area contributed by atoms with Crippen LogP contribution in [0.4, 0.5) is 0 Å². The molecule has 0 saturated carbocycles. The van der Waals surface area contributed by atoms with Crippen LogP contribution >= 0.6 is 11.3 Å². The standard InChI is InChI=1S/C30H32N2O2S/c1-3-33-26-15-9-7-14-24(26)30-31-25(20(2)34-30)19-32-18-17-23-22-13-8-10-16-27(22)35-29(23)28(32)21-11-5-4-6-12-21/h4-7,9,11-12,14-15,28H,3,8,10,13,16-19H2,1-2H3. The molecule has 4 nitrogen and oxygen atoms in total. The molecule has 1 atom stereocenters. The van der Waals surface area contributed by atoms with Crippen LogP contribution in [0.15, 0.2) is 59.0 Å². The van der Waals surface area contributed by atoms with Crippen LogP contribution in [0.2, 0.25) is 0 Å². The molecule has 1 unspecified atom stereocenters. The zero-order valence-electron chi connectivity index (χ0n) is 20.5. The first-order valence-electron chi connectivity index (χ1n) is 12.8. The van der Waals surface area contributed by atoms with Crippen molar-refractivity contribution in [1.82, 2.24) is 9.88 Å². The number of oxazole rings is 1. The number of thiophene rings is 1. The molecule has 0 N–H and O–H groups in total. The Labute approximate surface area is 211 Å². The van der Waals surface area contributed by atoms with Gasteiger partial charge in [0.1, 0.15) is 11.5 Å². The van der Waals surface area contributed by atoms with Crippen molar-refractivity contribution in [2.24, 2.45) is 0 Å². The molecule has 0 saturated heterocycles. The van der Waals surface area contributed by atoms with E-state index < -0.39 is 0 Å². The molecule has 5 heteroatoms. The van der Waals surface area contributed by atoms with Crippen LogP contribution in [0, 0.1) is 6.92 Å². The Hall–Kier alpha value is -2.89. The number of benzene rings is 2. The minimum Gasteiger partial charge on any atom is -0.493 e. The Morgan fingerprint density at radius 1 is 1.00 bits per heavy atom. The normalized spacial score (nSPS) is 17.7. The molecule has 4 aromatic rings. The number of fused-ring (bicyclic) bond motifs is 3. The molecule has 6 rings (SSSR count). The van der Waals surface area contributed by atoms with Gasteiger partial charge in [-0.05, 0) is 74.8 Å². The Bertz CT molecular complexity index is 1320. The number of ether oxygens (including phenoxy) is 1. The van der Waals surface area contributed by atoms with Crippen molar-refractivity contribution in [1.29, 1.82) is 0 Å². The smallest absolute Gasteiger partial charge is 0.230 e. The van der Waals surface area contributed by atoms with Crippen molar-refractivity contribution in [3.05, 3.63) is 92.5 Å². The quantitative estimate of drug-likeness (QED) is 0.292. The van der Waals surface area contributed by atoms with Crippen LogP contribution in [0.5, 0.6) is 5.75 Å². The summed E-state index contributed by atoms with van der Waals surface area (Å²) in [5.41, 5.74) is 6.60. The zero-order valence-corrected chi connectivity index (χ0v) is 21.4. The topological polar surface area (TPSA) is 38.5 Å². The predicted octanol–water partition coefficient (Wildman–Crippen LogP) is 7.14. The van der Waals surface area contributed by atoms with E-state index in [1.54, 1.807) is 20.9 Å². The predicted molar refractivity (Wildman–Crippen MR) is 141 cm³/mol. The van der Waals surface area contributed by atoms with Gasteiger partial charge in [-0.2, -0.15) is 0 Å². The van der Waals surface area contributed by atoms with Crippen molar-refractivity contribution in [3.8, 4) is 17.2 Å². The summed E-state index contributed by atoms with van der Waals surface area (Å²) in [6.45, 7) is 6.45. The van der Waals surface area contributed by atoms with Crippen molar-refractivity contribution >= 4 is 11.3 Å². The molecular formula is C30H32N2O2S. The maximum absolute atomic E-state index is 6.19. The van der Waals surface area contributed by atoms with E-state index in [4.69, 9.17) is 14.1 Å². The van der Waals surface area contributed by atoms with E-state index in [-0.39, 0.29) is 6.04 Å². The highest BCUT2D eigenvalue weighted by molar-refractivity contribution is 7.12. The molecule has 0 fully saturated rings. The molecule has 2 aromatic heterocycles. The summed E-state index contributed by atoms with van der Waals surface area (Å²) in [6.07, 6.45) is 6.30. The SMILES string of the molecule is CCOc1ccccc1-c1nc(CN2CCc3c(sc4c3CCCC4)C2c2ccccc2)c(C)o1. The van der Waals surface area contributed by atoms with Crippen LogP contribution in [0.25, 0.3) is 11.5 Å². The highest BCUT2D eigenvalue weighted by Crippen LogP contribution is 2.45. The summed E-state index contributed by atoms with van der Waals surface area (Å²) >= 11 is 2.07. The summed E-state index contributed by atoms with van der Waals surface area (Å²) in [4.78, 5) is 10.8. The molecule has 0 bridgehead atoms. The van der Waals surface area contributed by atoms with E-state index in [0.29, 0.717) is 12.5 Å². The Morgan fingerprint density at radius 2 is 1.80 bits per heavy atom. The van der Waals surface area contributed by atoms with Gasteiger partial charge in [0.15, 0.2) is 0 Å². The summed E-state index contributed by atoms with van der Waals surface area (Å²) in [6, 6.07) is 19.3. The first kappa shape index (κ1) is 22.6. The molecule has 2 aliphatic rings. The molecule has 1 aliphatic carbocycles. The lowest BCUT2D eigenvalue weighted by molar-refractivity contribution is 0.204. The van der Waals surface area contributed by atoms with Crippen molar-refractivity contribution in [3.63, 3.8) is 0 Å². The third-order valence-corrected chi connectivity index (χ3v) is 8.74. The summed E-state index contributed by atoms with van der Waals surface area (Å²) in [7, 11) is 0. The average molecular weight is 485 g/mol. The van der Waals surface area contributed by atoms with Gasteiger partial charge < -0.3 is 9.15 Å². The third-order valence-electron chi connectivity index (χ3n) is 7.35. The lowest BCUT2D eigenvalue weighted by Crippen LogP contribution is -2.35. The average Bonchev–Trinajstić information content (AvgIpc) is 3.45. The van der Waals surface area contributed by atoms with Gasteiger partial charge in [0.05, 0.1) is 23.9 Å². The van der Waals surface area contributed by atoms with Crippen LogP contribution < -0.4 is 4.74 Å². The van der Waals surface area contributed by atoms with E-state index in [9.17, 15) is 0 Å². The van der Waals surface area contributed by atoms with E-state index in [2.05, 4.69) is 46.6 Å². The number of hydrogen-bond acceptors (Lipinski definition) is 5. The highest BCUT2D eigenvalue weighted by Gasteiger charge is 2.34. The Balaban J connectivity index is 1.36. The van der Waals surface area contributed by atoms with Crippen molar-refractivity contribution in [2.75, 3.05) is 13.2 Å². The van der Waals surface area contributed by atoms with Gasteiger partial charge >= 0.3 is 0 Å². The van der Waals surface area contributed by atoms with Gasteiger partial charge in [-0.15, -0.1) is 11.3 Å². The molecule has 1 aliphatic heterocycles. The molecule has 0 radical (unpaired) electrons. The highest BCUT2D eigenvalue weighted by atomic mass is 32.1. The van der Waals surface area contributed by atoms with E-state index in [1.807, 2.05) is 38.1 Å². The fraction of sp³-hybridized carbons (Fsp3) is 0.367. The summed E-state index contributed by atoms with van der Waals surface area (Å²) in [5.74, 6) is 2.34. The number of para-hydroxylation sites is 1. The van der Waals surface area contributed by atoms with Gasteiger partial charge in [-0.25, -0.2) is 4.98 Å². The molecule has 3 heterocycles. The summed E-state index contributed by atoms with van der Waals surface area (Å²) < 4.78 is 12.0. The first-order chi connectivity index (χ1) is 17.2. The van der Waals surface area contributed by atoms with Crippen LogP contribution in [0.1, 0.15) is 63.7 Å². The Morgan fingerprint density at radius 3 is 2.66 bits per heavy atom. The minimum absolute atomic E-state index is 0.269. The van der Waals surface area contributed by atoms with Crippen molar-refractivity contribution in [2.45, 2.75) is 58.5 Å². The van der Waals surface area contributed by atoms with Gasteiger partial charge in [0, 0.05) is 22.8 Å². The fourth-order valence-corrected chi connectivity index (χ4v) is 7.28. The zero-order chi connectivity index (χ0) is 23.8. The lowest BCUT2D eigenvalue weighted by Gasteiger charge is -2.36. The maximum Gasteiger partial charge on any atom is 0.230 e. The minimum atomic E-state index is 0.269. The number of nitrogens with zero attached hydrogens (tertiary/aromatic N) is 2. The number of aryl methyl sites for hydroxylation is 2. The van der Waals surface area contributed by atoms with E-state index in [1.165, 1.54) is 31.2 Å². The molecular weight excluding hydrogens is 452 g/mol. The number of aromatic nitrogens is 1. The second-order valence-electron chi connectivity index (χ2n) is 9.54. The van der Waals surface area contributed by atoms with E-state index >= 15 is 0 Å². The van der Waals surface area contributed by atoms with Crippen LogP contribution in [0.3, 0.4) is 0 Å². The van der Waals surface area contributed by atoms with Crippen molar-refractivity contribution < 1.29 is 9.15 Å². The molecule has 0 amide bonds. The molecule has 35 heavy (non-hydrogen) atoms. The van der Waals surface area contributed by atoms with Gasteiger partial charge in [0.2, 0.25) is 5.89 Å². The van der Waals surface area contributed by atoms with Gasteiger partial charge in [0.25, 0.3) is 0 Å². The summed E-state index contributed by atoms with van der Waals surface area (Å²) in [5, 5.41) is 0. The molecule has 180 valence electrons.